The molecule has 2 heterocycles. The molecule has 5 rings (SSSR count). The van der Waals surface area contributed by atoms with Gasteiger partial charge in [-0.15, -0.1) is 0 Å². The Kier molecular flexibility index (Phi) is 5.78. The van der Waals surface area contributed by atoms with Crippen LogP contribution in [0, 0.1) is 0 Å². The summed E-state index contributed by atoms with van der Waals surface area (Å²) in [5, 5.41) is 8.15. The van der Waals surface area contributed by atoms with Gasteiger partial charge in [0.1, 0.15) is 11.9 Å². The summed E-state index contributed by atoms with van der Waals surface area (Å²) >= 11 is 0. The number of carbonyl (C=O) groups excluding carboxylic acids is 3. The Hall–Kier alpha value is -4.46. The first-order valence-corrected chi connectivity index (χ1v) is 11.1. The van der Waals surface area contributed by atoms with Crippen molar-refractivity contribution in [2.45, 2.75) is 25.3 Å². The van der Waals surface area contributed by atoms with Crippen molar-refractivity contribution in [1.82, 2.24) is 15.3 Å². The van der Waals surface area contributed by atoms with Crippen LogP contribution in [-0.4, -0.2) is 33.7 Å². The highest BCUT2D eigenvalue weighted by Gasteiger charge is 2.29. The quantitative estimate of drug-likeness (QED) is 0.358. The fourth-order valence-electron chi connectivity index (χ4n) is 4.02. The highest BCUT2D eigenvalue weighted by atomic mass is 16.2. The van der Waals surface area contributed by atoms with Crippen molar-refractivity contribution in [2.24, 2.45) is 0 Å². The second kappa shape index (κ2) is 9.19. The number of benzene rings is 3. The first-order chi connectivity index (χ1) is 16.5. The first-order valence-electron chi connectivity index (χ1n) is 11.1. The lowest BCUT2D eigenvalue weighted by molar-refractivity contribution is -0.122. The number of hydrogen-bond donors (Lipinski definition) is 4. The number of aryl methyl sites for hydroxylation is 2. The molecule has 4 aromatic rings. The molecular weight excluding hydrogens is 430 g/mol. The first kappa shape index (κ1) is 21.4. The van der Waals surface area contributed by atoms with E-state index in [1.807, 2.05) is 30.3 Å². The number of nitrogens with zero attached hydrogens (tertiary/aromatic N) is 1. The second-order valence-corrected chi connectivity index (χ2v) is 8.21. The van der Waals surface area contributed by atoms with Crippen molar-refractivity contribution in [1.29, 1.82) is 0 Å². The van der Waals surface area contributed by atoms with Crippen LogP contribution in [0.3, 0.4) is 0 Å². The van der Waals surface area contributed by atoms with Gasteiger partial charge in [-0.25, -0.2) is 4.98 Å². The summed E-state index contributed by atoms with van der Waals surface area (Å²) in [6.07, 6.45) is 1.47. The average Bonchev–Trinajstić information content (AvgIpc) is 3.20. The third-order valence-corrected chi connectivity index (χ3v) is 5.75. The molecule has 3 aromatic carbocycles. The Labute approximate surface area is 195 Å². The summed E-state index contributed by atoms with van der Waals surface area (Å²) in [6.45, 7) is 0. The molecule has 8 nitrogen and oxygen atoms in total. The van der Waals surface area contributed by atoms with Crippen LogP contribution in [0.4, 0.5) is 11.4 Å². The van der Waals surface area contributed by atoms with Crippen molar-refractivity contribution in [3.8, 4) is 0 Å². The van der Waals surface area contributed by atoms with E-state index >= 15 is 0 Å². The fraction of sp³-hybridized carbons (Fsp3) is 0.154. The molecular formula is C26H23N5O3. The van der Waals surface area contributed by atoms with Crippen LogP contribution in [0.25, 0.3) is 11.0 Å². The Morgan fingerprint density at radius 3 is 2.59 bits per heavy atom. The Balaban J connectivity index is 1.23. The predicted molar refractivity (Wildman–Crippen MR) is 130 cm³/mol. The van der Waals surface area contributed by atoms with Crippen molar-refractivity contribution < 1.29 is 14.4 Å². The van der Waals surface area contributed by atoms with Gasteiger partial charge in [0.25, 0.3) is 5.91 Å². The lowest BCUT2D eigenvalue weighted by Gasteiger charge is -2.14. The molecule has 0 spiro atoms. The minimum Gasteiger partial charge on any atom is -0.342 e. The number of aromatic nitrogens is 2. The summed E-state index contributed by atoms with van der Waals surface area (Å²) in [6, 6.07) is 21.4. The van der Waals surface area contributed by atoms with E-state index in [9.17, 15) is 14.4 Å². The van der Waals surface area contributed by atoms with Gasteiger partial charge in [0.2, 0.25) is 11.8 Å². The Morgan fingerprint density at radius 1 is 0.941 bits per heavy atom. The molecule has 170 valence electrons. The van der Waals surface area contributed by atoms with Gasteiger partial charge in [-0.05, 0) is 42.3 Å². The number of para-hydroxylation sites is 1. The highest BCUT2D eigenvalue weighted by molar-refractivity contribution is 6.11. The molecule has 0 fully saturated rings. The minimum atomic E-state index is -0.972. The number of anilines is 2. The summed E-state index contributed by atoms with van der Waals surface area (Å²) in [4.78, 5) is 45.6. The van der Waals surface area contributed by atoms with Gasteiger partial charge in [0, 0.05) is 12.1 Å². The zero-order chi connectivity index (χ0) is 23.5. The van der Waals surface area contributed by atoms with Crippen LogP contribution in [0.1, 0.15) is 28.2 Å². The van der Waals surface area contributed by atoms with E-state index < -0.39 is 17.9 Å². The zero-order valence-corrected chi connectivity index (χ0v) is 18.3. The molecule has 0 bridgehead atoms. The molecule has 0 saturated heterocycles. The number of hydrogen-bond acceptors (Lipinski definition) is 4. The standard InChI is InChI=1S/C26H23N5O3/c32-24(15-22-26(34)30-19-9-5-4-8-18(19)25(33)31-22)27-17-11-12-20-21(14-17)29-23(28-20)13-10-16-6-2-1-3-7-16/h1-9,11-12,14,22H,10,13,15H2,(H,27,32)(H,28,29)(H,30,34)(H,31,33)/t22-/m0/s1. The van der Waals surface area contributed by atoms with Crippen LogP contribution >= 0.6 is 0 Å². The van der Waals surface area contributed by atoms with Crippen molar-refractivity contribution >= 4 is 40.1 Å². The topological polar surface area (TPSA) is 116 Å². The van der Waals surface area contributed by atoms with Gasteiger partial charge in [-0.2, -0.15) is 0 Å². The van der Waals surface area contributed by atoms with Crippen molar-refractivity contribution in [3.63, 3.8) is 0 Å². The van der Waals surface area contributed by atoms with Crippen molar-refractivity contribution in [2.75, 3.05) is 10.6 Å². The minimum absolute atomic E-state index is 0.186. The Morgan fingerprint density at radius 2 is 1.74 bits per heavy atom. The number of carbonyl (C=O) groups is 3. The van der Waals surface area contributed by atoms with E-state index in [0.29, 0.717) is 16.9 Å². The predicted octanol–water partition coefficient (Wildman–Crippen LogP) is 3.43. The second-order valence-electron chi connectivity index (χ2n) is 8.21. The normalized spacial score (nSPS) is 15.2. The smallest absolute Gasteiger partial charge is 0.254 e. The molecule has 0 aliphatic carbocycles. The maximum atomic E-state index is 12.7. The molecule has 1 aliphatic rings. The van der Waals surface area contributed by atoms with Gasteiger partial charge in [-0.3, -0.25) is 14.4 Å². The van der Waals surface area contributed by atoms with E-state index in [1.54, 1.807) is 30.3 Å². The number of nitrogens with one attached hydrogen (secondary N) is 4. The highest BCUT2D eigenvalue weighted by Crippen LogP contribution is 2.21. The van der Waals surface area contributed by atoms with Gasteiger partial charge in [-0.1, -0.05) is 42.5 Å². The number of amides is 3. The summed E-state index contributed by atoms with van der Waals surface area (Å²) in [7, 11) is 0. The number of imidazole rings is 1. The summed E-state index contributed by atoms with van der Waals surface area (Å²) in [5.74, 6) is -0.330. The van der Waals surface area contributed by atoms with Crippen LogP contribution in [0.5, 0.6) is 0 Å². The van der Waals surface area contributed by atoms with Crippen LogP contribution in [0.15, 0.2) is 72.8 Å². The number of fused-ring (bicyclic) bond motifs is 2. The lowest BCUT2D eigenvalue weighted by atomic mass is 10.1. The summed E-state index contributed by atoms with van der Waals surface area (Å²) in [5.41, 5.74) is 4.26. The number of H-pyrrole nitrogens is 1. The average molecular weight is 454 g/mol. The SMILES string of the molecule is O=C(C[C@@H]1NC(=O)c2ccccc2NC1=O)Nc1ccc2nc(CCc3ccccc3)[nH]c2c1. The van der Waals surface area contributed by atoms with Gasteiger partial charge < -0.3 is 20.9 Å². The molecule has 1 atom stereocenters. The van der Waals surface area contributed by atoms with Crippen LogP contribution in [-0.2, 0) is 22.4 Å². The molecule has 8 heteroatoms. The zero-order valence-electron chi connectivity index (χ0n) is 18.3. The van der Waals surface area contributed by atoms with Gasteiger partial charge >= 0.3 is 0 Å². The number of aromatic amines is 1. The molecule has 4 N–H and O–H groups in total. The summed E-state index contributed by atoms with van der Waals surface area (Å²) < 4.78 is 0. The molecule has 1 aromatic heterocycles. The Bertz CT molecular complexity index is 1380. The molecule has 0 radical (unpaired) electrons. The van der Waals surface area contributed by atoms with Crippen LogP contribution in [0.2, 0.25) is 0 Å². The van der Waals surface area contributed by atoms with Gasteiger partial charge in [0.05, 0.1) is 28.7 Å². The molecule has 34 heavy (non-hydrogen) atoms. The largest absolute Gasteiger partial charge is 0.342 e. The third kappa shape index (κ3) is 4.66. The van der Waals surface area contributed by atoms with Gasteiger partial charge in [0.15, 0.2) is 0 Å². The molecule has 1 aliphatic heterocycles. The monoisotopic (exact) mass is 453 g/mol. The van der Waals surface area contributed by atoms with E-state index in [1.165, 1.54) is 5.56 Å². The van der Waals surface area contributed by atoms with E-state index in [-0.39, 0.29) is 12.3 Å². The molecule has 3 amide bonds. The van der Waals surface area contributed by atoms with E-state index in [0.717, 1.165) is 29.7 Å². The maximum Gasteiger partial charge on any atom is 0.254 e. The number of rotatable bonds is 6. The third-order valence-electron chi connectivity index (χ3n) is 5.75. The van der Waals surface area contributed by atoms with Crippen LogP contribution < -0.4 is 16.0 Å². The lowest BCUT2D eigenvalue weighted by Crippen LogP contribution is -2.43. The van der Waals surface area contributed by atoms with E-state index in [2.05, 4.69) is 38.1 Å². The molecule has 0 unspecified atom stereocenters. The molecule has 0 saturated carbocycles. The van der Waals surface area contributed by atoms with E-state index in [4.69, 9.17) is 0 Å². The fourth-order valence-corrected chi connectivity index (χ4v) is 4.02. The van der Waals surface area contributed by atoms with Crippen molar-refractivity contribution in [3.05, 3.63) is 89.7 Å². The maximum absolute atomic E-state index is 12.7.